The van der Waals surface area contributed by atoms with Crippen LogP contribution in [0.4, 0.5) is 0 Å². The summed E-state index contributed by atoms with van der Waals surface area (Å²) in [6.45, 7) is 4.56. The van der Waals surface area contributed by atoms with Crippen molar-refractivity contribution in [1.82, 2.24) is 0 Å². The Hall–Kier alpha value is -2.97. The number of quaternary nitrogens is 1. The molecule has 0 aromatic carbocycles. The lowest BCUT2D eigenvalue weighted by atomic mass is 10.1. The van der Waals surface area contributed by atoms with Crippen molar-refractivity contribution in [2.45, 2.75) is 193 Å². The SMILES string of the molecule is CC/C=C/C/C=C/C/C=C/CCCCCCC(=O)OC(COCCC(C(=O)O)[N+](C)(C)C)COC(=O)CCCCCCCCCCCC/C=C/C=C/CCCCC. The van der Waals surface area contributed by atoms with Crippen LogP contribution in [0.5, 0.6) is 0 Å². The van der Waals surface area contributed by atoms with Crippen LogP contribution in [0.3, 0.4) is 0 Å². The molecule has 0 aliphatic heterocycles. The predicted octanol–water partition coefficient (Wildman–Crippen LogP) is 12.6. The highest BCUT2D eigenvalue weighted by atomic mass is 16.6. The lowest BCUT2D eigenvalue weighted by Gasteiger charge is -2.31. The topological polar surface area (TPSA) is 99.1 Å². The van der Waals surface area contributed by atoms with Crippen LogP contribution in [-0.2, 0) is 28.6 Å². The van der Waals surface area contributed by atoms with E-state index in [-0.39, 0.29) is 36.2 Å². The number of unbranched alkanes of at least 4 members (excludes halogenated alkanes) is 17. The second kappa shape index (κ2) is 39.8. The Morgan fingerprint density at radius 1 is 0.561 bits per heavy atom. The van der Waals surface area contributed by atoms with E-state index in [9.17, 15) is 19.5 Å². The first-order chi connectivity index (χ1) is 27.6. The minimum Gasteiger partial charge on any atom is -0.477 e. The normalized spacial score (nSPS) is 13.5. The highest BCUT2D eigenvalue weighted by Crippen LogP contribution is 2.14. The lowest BCUT2D eigenvalue weighted by molar-refractivity contribution is -0.887. The molecule has 0 spiro atoms. The smallest absolute Gasteiger partial charge is 0.362 e. The third-order valence-electron chi connectivity index (χ3n) is 9.93. The number of carbonyl (C=O) groups is 3. The molecule has 0 saturated heterocycles. The molecule has 0 aromatic rings. The monoisotopic (exact) mass is 801 g/mol. The summed E-state index contributed by atoms with van der Waals surface area (Å²) in [6, 6.07) is -0.621. The number of hydrogen-bond acceptors (Lipinski definition) is 6. The van der Waals surface area contributed by atoms with E-state index >= 15 is 0 Å². The van der Waals surface area contributed by atoms with Crippen molar-refractivity contribution in [3.05, 3.63) is 60.8 Å². The molecule has 2 unspecified atom stereocenters. The van der Waals surface area contributed by atoms with Crippen molar-refractivity contribution in [3.63, 3.8) is 0 Å². The van der Waals surface area contributed by atoms with Gasteiger partial charge in [-0.1, -0.05) is 152 Å². The van der Waals surface area contributed by atoms with E-state index in [2.05, 4.69) is 74.6 Å². The molecule has 0 aliphatic carbocycles. The number of carboxylic acid groups (broad SMARTS) is 1. The number of likely N-dealkylation sites (N-methyl/N-ethyl adjacent to an activating group) is 1. The first-order valence-corrected chi connectivity index (χ1v) is 22.8. The van der Waals surface area contributed by atoms with Crippen molar-refractivity contribution in [3.8, 4) is 0 Å². The maximum atomic E-state index is 12.7. The van der Waals surface area contributed by atoms with E-state index in [1.165, 1.54) is 77.0 Å². The Morgan fingerprint density at radius 3 is 1.56 bits per heavy atom. The summed E-state index contributed by atoms with van der Waals surface area (Å²) in [6.07, 6.45) is 48.3. The average molecular weight is 801 g/mol. The molecule has 0 saturated carbocycles. The van der Waals surface area contributed by atoms with Gasteiger partial charge in [-0.2, -0.15) is 0 Å². The number of ether oxygens (including phenoxy) is 3. The summed E-state index contributed by atoms with van der Waals surface area (Å²) in [5.41, 5.74) is 0. The van der Waals surface area contributed by atoms with Crippen LogP contribution in [0, 0.1) is 0 Å². The van der Waals surface area contributed by atoms with Crippen LogP contribution in [-0.4, -0.2) is 80.6 Å². The Kier molecular flexibility index (Phi) is 37.8. The van der Waals surface area contributed by atoms with Gasteiger partial charge in [0.2, 0.25) is 0 Å². The molecule has 1 N–H and O–H groups in total. The van der Waals surface area contributed by atoms with Gasteiger partial charge in [0.15, 0.2) is 12.1 Å². The van der Waals surface area contributed by atoms with Crippen LogP contribution in [0.25, 0.3) is 0 Å². The zero-order chi connectivity index (χ0) is 42.1. The van der Waals surface area contributed by atoms with Gasteiger partial charge in [0, 0.05) is 19.3 Å². The molecule has 8 heteroatoms. The molecular formula is C49H86NO7+. The van der Waals surface area contributed by atoms with Gasteiger partial charge in [-0.25, -0.2) is 4.79 Å². The number of nitrogens with zero attached hydrogens (tertiary/aromatic N) is 1. The largest absolute Gasteiger partial charge is 0.477 e. The van der Waals surface area contributed by atoms with Crippen LogP contribution >= 0.6 is 0 Å². The minimum atomic E-state index is -0.881. The fourth-order valence-electron chi connectivity index (χ4n) is 6.39. The summed E-state index contributed by atoms with van der Waals surface area (Å²) in [5, 5.41) is 9.62. The molecule has 0 bridgehead atoms. The second-order valence-corrected chi connectivity index (χ2v) is 16.3. The van der Waals surface area contributed by atoms with Crippen LogP contribution < -0.4 is 0 Å². The molecule has 0 radical (unpaired) electrons. The van der Waals surface area contributed by atoms with E-state index in [1.54, 1.807) is 0 Å². The molecule has 0 amide bonds. The fraction of sp³-hybridized carbons (Fsp3) is 0.735. The molecule has 328 valence electrons. The highest BCUT2D eigenvalue weighted by molar-refractivity contribution is 5.72. The summed E-state index contributed by atoms with van der Waals surface area (Å²) >= 11 is 0. The molecule has 8 nitrogen and oxygen atoms in total. The van der Waals surface area contributed by atoms with Gasteiger partial charge in [0.25, 0.3) is 0 Å². The molecule has 0 heterocycles. The number of carbonyl (C=O) groups excluding carboxylic acids is 2. The maximum Gasteiger partial charge on any atom is 0.362 e. The van der Waals surface area contributed by atoms with Crippen LogP contribution in [0.15, 0.2) is 60.8 Å². The van der Waals surface area contributed by atoms with E-state index in [0.29, 0.717) is 19.3 Å². The van der Waals surface area contributed by atoms with Gasteiger partial charge in [-0.3, -0.25) is 9.59 Å². The summed E-state index contributed by atoms with van der Waals surface area (Å²) in [4.78, 5) is 37.0. The van der Waals surface area contributed by atoms with Crippen molar-refractivity contribution in [1.29, 1.82) is 0 Å². The number of aliphatic carboxylic acids is 1. The van der Waals surface area contributed by atoms with E-state index in [0.717, 1.165) is 70.6 Å². The van der Waals surface area contributed by atoms with E-state index in [1.807, 2.05) is 21.1 Å². The molecule has 0 fully saturated rings. The van der Waals surface area contributed by atoms with Gasteiger partial charge in [-0.05, 0) is 70.6 Å². The predicted molar refractivity (Wildman–Crippen MR) is 238 cm³/mol. The highest BCUT2D eigenvalue weighted by Gasteiger charge is 2.31. The standard InChI is InChI=1S/C49H85NO7/c1-6-8-10-12-14-16-18-20-22-23-24-25-26-28-29-31-33-35-37-39-47(51)56-44-45(43-55-42-41-46(49(53)54)50(3,4)5)57-48(52)40-38-36-34-32-30-27-21-19-17-15-13-11-9-7-2/h9,11,14-18,20-21,27,45-46H,6-8,10,12-13,19,22-26,28-44H2,1-5H3/p+1/b11-9+,16-14+,17-15+,20-18+,27-21+. The molecular weight excluding hydrogens is 715 g/mol. The van der Waals surface area contributed by atoms with Crippen molar-refractivity contribution in [2.24, 2.45) is 0 Å². The van der Waals surface area contributed by atoms with Gasteiger partial charge >= 0.3 is 17.9 Å². The zero-order valence-electron chi connectivity index (χ0n) is 37.3. The minimum absolute atomic E-state index is 0.0490. The van der Waals surface area contributed by atoms with Gasteiger partial charge in [0.05, 0.1) is 34.4 Å². The second-order valence-electron chi connectivity index (χ2n) is 16.3. The third kappa shape index (κ3) is 38.3. The fourth-order valence-corrected chi connectivity index (χ4v) is 6.39. The van der Waals surface area contributed by atoms with Crippen LogP contribution in [0.2, 0.25) is 0 Å². The third-order valence-corrected chi connectivity index (χ3v) is 9.93. The summed E-state index contributed by atoms with van der Waals surface area (Å²) < 4.78 is 17.3. The number of allylic oxidation sites excluding steroid dienone is 10. The Morgan fingerprint density at radius 2 is 1.04 bits per heavy atom. The van der Waals surface area contributed by atoms with E-state index < -0.39 is 18.1 Å². The van der Waals surface area contributed by atoms with Crippen molar-refractivity contribution in [2.75, 3.05) is 41.0 Å². The number of rotatable bonds is 40. The first-order valence-electron chi connectivity index (χ1n) is 22.8. The zero-order valence-corrected chi connectivity index (χ0v) is 37.3. The maximum absolute atomic E-state index is 12.7. The van der Waals surface area contributed by atoms with Crippen LogP contribution in [0.1, 0.15) is 181 Å². The molecule has 0 rings (SSSR count). The number of hydrogen-bond donors (Lipinski definition) is 1. The summed E-state index contributed by atoms with van der Waals surface area (Å²) in [7, 11) is 5.51. The van der Waals surface area contributed by atoms with E-state index in [4.69, 9.17) is 14.2 Å². The van der Waals surface area contributed by atoms with Crippen molar-refractivity contribution >= 4 is 17.9 Å². The first kappa shape index (κ1) is 54.0. The Labute approximate surface area is 349 Å². The average Bonchev–Trinajstić information content (AvgIpc) is 3.17. The van der Waals surface area contributed by atoms with Gasteiger partial charge < -0.3 is 23.8 Å². The number of esters is 2. The van der Waals surface area contributed by atoms with Gasteiger partial charge in [0.1, 0.15) is 6.61 Å². The summed E-state index contributed by atoms with van der Waals surface area (Å²) in [5.74, 6) is -1.50. The Balaban J connectivity index is 4.33. The van der Waals surface area contributed by atoms with Crippen molar-refractivity contribution < 1.29 is 38.2 Å². The molecule has 2 atom stereocenters. The number of carboxylic acids is 1. The molecule has 57 heavy (non-hydrogen) atoms. The quantitative estimate of drug-likeness (QED) is 0.0217. The lowest BCUT2D eigenvalue weighted by Crippen LogP contribution is -2.50. The van der Waals surface area contributed by atoms with Gasteiger partial charge in [-0.15, -0.1) is 0 Å². The molecule has 0 aliphatic rings. The Bertz CT molecular complexity index is 1120. The molecule has 0 aromatic heterocycles.